The maximum absolute atomic E-state index is 12.6. The normalized spacial score (nSPS) is 18.1. The number of halogens is 3. The van der Waals surface area contributed by atoms with Gasteiger partial charge in [-0.2, -0.15) is 13.2 Å². The summed E-state index contributed by atoms with van der Waals surface area (Å²) in [4.78, 5) is 11.8. The Morgan fingerprint density at radius 2 is 2.05 bits per heavy atom. The van der Waals surface area contributed by atoms with Gasteiger partial charge in [-0.1, -0.05) is 18.2 Å². The molecule has 21 heavy (non-hydrogen) atoms. The number of nitrogens with two attached hydrogens (primary N) is 2. The third kappa shape index (κ3) is 4.44. The van der Waals surface area contributed by atoms with E-state index >= 15 is 0 Å². The standard InChI is InChI=1S/C14H18F3N3O/c15-14(16,17)10-3-1-2-9(6-10)7-11(18)12(21)20-8-13(19)4-5-13/h1-3,6,11H,4-5,7-8,18-19H2,(H,20,21)/t11-/m0/s1. The van der Waals surface area contributed by atoms with Gasteiger partial charge in [-0.25, -0.2) is 0 Å². The lowest BCUT2D eigenvalue weighted by atomic mass is 10.0. The zero-order valence-electron chi connectivity index (χ0n) is 11.4. The maximum atomic E-state index is 12.6. The van der Waals surface area contributed by atoms with Crippen LogP contribution in [0.15, 0.2) is 24.3 Å². The first kappa shape index (κ1) is 15.8. The second kappa shape index (κ2) is 5.65. The van der Waals surface area contributed by atoms with Gasteiger partial charge < -0.3 is 16.8 Å². The molecule has 1 aliphatic rings. The summed E-state index contributed by atoms with van der Waals surface area (Å²) >= 11 is 0. The third-order valence-corrected chi connectivity index (χ3v) is 3.55. The van der Waals surface area contributed by atoms with Crippen LogP contribution in [0, 0.1) is 0 Å². The number of alkyl halides is 3. The smallest absolute Gasteiger partial charge is 0.353 e. The van der Waals surface area contributed by atoms with Crippen molar-refractivity contribution in [2.24, 2.45) is 11.5 Å². The monoisotopic (exact) mass is 301 g/mol. The minimum Gasteiger partial charge on any atom is -0.353 e. The van der Waals surface area contributed by atoms with Gasteiger partial charge in [0.05, 0.1) is 11.6 Å². The van der Waals surface area contributed by atoms with Gasteiger partial charge in [-0.3, -0.25) is 4.79 Å². The van der Waals surface area contributed by atoms with Crippen molar-refractivity contribution in [1.82, 2.24) is 5.32 Å². The Kier molecular flexibility index (Phi) is 4.25. The van der Waals surface area contributed by atoms with E-state index in [0.717, 1.165) is 25.0 Å². The summed E-state index contributed by atoms with van der Waals surface area (Å²) < 4.78 is 37.8. The molecule has 1 aliphatic carbocycles. The number of nitrogens with one attached hydrogen (secondary N) is 1. The van der Waals surface area contributed by atoms with Crippen LogP contribution in [-0.2, 0) is 17.4 Å². The van der Waals surface area contributed by atoms with Gasteiger partial charge in [0, 0.05) is 12.1 Å². The van der Waals surface area contributed by atoms with Crippen LogP contribution in [-0.4, -0.2) is 24.0 Å². The molecule has 1 aromatic carbocycles. The Hall–Kier alpha value is -1.60. The van der Waals surface area contributed by atoms with Crippen LogP contribution >= 0.6 is 0 Å². The summed E-state index contributed by atoms with van der Waals surface area (Å²) in [7, 11) is 0. The Morgan fingerprint density at radius 1 is 1.38 bits per heavy atom. The molecule has 5 N–H and O–H groups in total. The van der Waals surface area contributed by atoms with E-state index in [4.69, 9.17) is 11.5 Å². The molecule has 1 fully saturated rings. The number of benzene rings is 1. The number of hydrogen-bond donors (Lipinski definition) is 3. The summed E-state index contributed by atoms with van der Waals surface area (Å²) in [6, 6.07) is 3.94. The van der Waals surface area contributed by atoms with Crippen molar-refractivity contribution in [3.8, 4) is 0 Å². The molecular formula is C14H18F3N3O. The highest BCUT2D eigenvalue weighted by Crippen LogP contribution is 2.31. The predicted octanol–water partition coefficient (Wildman–Crippen LogP) is 1.18. The number of carbonyl (C=O) groups excluding carboxylic acids is 1. The fourth-order valence-electron chi connectivity index (χ4n) is 1.95. The highest BCUT2D eigenvalue weighted by Gasteiger charge is 2.38. The Bertz CT molecular complexity index is 526. The van der Waals surface area contributed by atoms with Crippen LogP contribution in [0.3, 0.4) is 0 Å². The lowest BCUT2D eigenvalue weighted by Gasteiger charge is -2.15. The topological polar surface area (TPSA) is 81.1 Å². The van der Waals surface area contributed by atoms with Crippen molar-refractivity contribution in [3.05, 3.63) is 35.4 Å². The molecule has 4 nitrogen and oxygen atoms in total. The van der Waals surface area contributed by atoms with Gasteiger partial charge in [0.15, 0.2) is 0 Å². The first-order valence-electron chi connectivity index (χ1n) is 6.68. The van der Waals surface area contributed by atoms with Crippen LogP contribution in [0.25, 0.3) is 0 Å². The largest absolute Gasteiger partial charge is 0.416 e. The van der Waals surface area contributed by atoms with Crippen LogP contribution in [0.1, 0.15) is 24.0 Å². The minimum atomic E-state index is -4.40. The quantitative estimate of drug-likeness (QED) is 0.764. The summed E-state index contributed by atoms with van der Waals surface area (Å²) in [6.07, 6.45) is -2.64. The maximum Gasteiger partial charge on any atom is 0.416 e. The molecular weight excluding hydrogens is 283 g/mol. The van der Waals surface area contributed by atoms with Gasteiger partial charge >= 0.3 is 6.18 Å². The highest BCUT2D eigenvalue weighted by molar-refractivity contribution is 5.81. The molecule has 0 aliphatic heterocycles. The second-order valence-electron chi connectivity index (χ2n) is 5.59. The van der Waals surface area contributed by atoms with E-state index in [2.05, 4.69) is 5.32 Å². The van der Waals surface area contributed by atoms with Gasteiger partial charge in [0.25, 0.3) is 0 Å². The van der Waals surface area contributed by atoms with E-state index in [1.54, 1.807) is 0 Å². The van der Waals surface area contributed by atoms with E-state index in [9.17, 15) is 18.0 Å². The Morgan fingerprint density at radius 3 is 2.62 bits per heavy atom. The summed E-state index contributed by atoms with van der Waals surface area (Å²) in [5, 5.41) is 2.64. The van der Waals surface area contributed by atoms with E-state index in [0.29, 0.717) is 12.1 Å². The van der Waals surface area contributed by atoms with Gasteiger partial charge in [0.2, 0.25) is 5.91 Å². The fraction of sp³-hybridized carbons (Fsp3) is 0.500. The summed E-state index contributed by atoms with van der Waals surface area (Å²) in [6.45, 7) is 0.349. The van der Waals surface area contributed by atoms with E-state index in [1.165, 1.54) is 12.1 Å². The van der Waals surface area contributed by atoms with E-state index < -0.39 is 23.7 Å². The first-order chi connectivity index (χ1) is 9.70. The number of carbonyl (C=O) groups is 1. The molecule has 1 saturated carbocycles. The molecule has 0 aromatic heterocycles. The SMILES string of the molecule is N[C@@H](Cc1cccc(C(F)(F)F)c1)C(=O)NCC1(N)CC1. The molecule has 7 heteroatoms. The fourth-order valence-corrected chi connectivity index (χ4v) is 1.95. The zero-order valence-corrected chi connectivity index (χ0v) is 11.4. The Labute approximate surface area is 120 Å². The van der Waals surface area contributed by atoms with Crippen molar-refractivity contribution < 1.29 is 18.0 Å². The van der Waals surface area contributed by atoms with Crippen molar-refractivity contribution in [2.75, 3.05) is 6.54 Å². The predicted molar refractivity (Wildman–Crippen MR) is 72.3 cm³/mol. The Balaban J connectivity index is 1.92. The van der Waals surface area contributed by atoms with Crippen molar-refractivity contribution in [1.29, 1.82) is 0 Å². The molecule has 0 bridgehead atoms. The summed E-state index contributed by atoms with van der Waals surface area (Å²) in [5.74, 6) is -0.399. The van der Waals surface area contributed by atoms with Crippen molar-refractivity contribution in [3.63, 3.8) is 0 Å². The van der Waals surface area contributed by atoms with Crippen LogP contribution < -0.4 is 16.8 Å². The lowest BCUT2D eigenvalue weighted by molar-refractivity contribution is -0.137. The number of hydrogen-bond acceptors (Lipinski definition) is 3. The van der Waals surface area contributed by atoms with Crippen molar-refractivity contribution >= 4 is 5.91 Å². The zero-order chi connectivity index (χ0) is 15.7. The first-order valence-corrected chi connectivity index (χ1v) is 6.68. The highest BCUT2D eigenvalue weighted by atomic mass is 19.4. The molecule has 2 rings (SSSR count). The van der Waals surface area contributed by atoms with Crippen LogP contribution in [0.2, 0.25) is 0 Å². The molecule has 0 saturated heterocycles. The molecule has 0 radical (unpaired) electrons. The van der Waals surface area contributed by atoms with E-state index in [-0.39, 0.29) is 12.0 Å². The minimum absolute atomic E-state index is 0.0489. The molecule has 1 amide bonds. The summed E-state index contributed by atoms with van der Waals surface area (Å²) in [5.41, 5.74) is 10.9. The molecule has 116 valence electrons. The molecule has 0 heterocycles. The second-order valence-corrected chi connectivity index (χ2v) is 5.59. The molecule has 1 atom stereocenters. The average Bonchev–Trinajstić information content (AvgIpc) is 3.14. The number of amides is 1. The number of rotatable bonds is 5. The molecule has 0 spiro atoms. The lowest BCUT2D eigenvalue weighted by Crippen LogP contribution is -2.47. The van der Waals surface area contributed by atoms with Crippen LogP contribution in [0.4, 0.5) is 13.2 Å². The van der Waals surface area contributed by atoms with Gasteiger partial charge in [0.1, 0.15) is 0 Å². The van der Waals surface area contributed by atoms with Gasteiger partial charge in [-0.15, -0.1) is 0 Å². The average molecular weight is 301 g/mol. The van der Waals surface area contributed by atoms with E-state index in [1.807, 2.05) is 0 Å². The van der Waals surface area contributed by atoms with Crippen molar-refractivity contribution in [2.45, 2.75) is 37.0 Å². The molecule has 1 aromatic rings. The molecule has 0 unspecified atom stereocenters. The van der Waals surface area contributed by atoms with Gasteiger partial charge in [-0.05, 0) is 30.9 Å². The van der Waals surface area contributed by atoms with Crippen LogP contribution in [0.5, 0.6) is 0 Å². The third-order valence-electron chi connectivity index (χ3n) is 3.55.